The second-order valence-electron chi connectivity index (χ2n) is 3.88. The van der Waals surface area contributed by atoms with Crippen molar-refractivity contribution in [2.45, 2.75) is 12.5 Å². The van der Waals surface area contributed by atoms with Crippen LogP contribution in [0.25, 0.3) is 0 Å². The Bertz CT molecular complexity index is 538. The van der Waals surface area contributed by atoms with E-state index in [1.807, 2.05) is 5.32 Å². The lowest BCUT2D eigenvalue weighted by Gasteiger charge is -2.07. The summed E-state index contributed by atoms with van der Waals surface area (Å²) in [4.78, 5) is 44.1. The second-order valence-corrected chi connectivity index (χ2v) is 3.88. The van der Waals surface area contributed by atoms with Gasteiger partial charge in [0.1, 0.15) is 18.1 Å². The first-order valence-corrected chi connectivity index (χ1v) is 5.46. The fraction of sp³-hybridized carbons (Fsp3) is 0.167. The molecule has 0 radical (unpaired) electrons. The molecule has 1 aliphatic heterocycles. The smallest absolute Gasteiger partial charge is 0.322 e. The number of ether oxygens (including phenoxy) is 1. The molecular formula is C12H10N2O5. The highest BCUT2D eigenvalue weighted by Crippen LogP contribution is 2.12. The van der Waals surface area contributed by atoms with Crippen LogP contribution < -0.4 is 15.4 Å². The van der Waals surface area contributed by atoms with E-state index >= 15 is 0 Å². The lowest BCUT2D eigenvalue weighted by Crippen LogP contribution is -2.32. The van der Waals surface area contributed by atoms with Crippen molar-refractivity contribution in [1.29, 1.82) is 0 Å². The molecule has 0 saturated carbocycles. The molecule has 1 aliphatic rings. The standard InChI is InChI=1S/C12H10N2O5/c15-6-7-1-3-8(4-2-7)19-10(16)5-9-11(17)14-12(18)13-9/h1-4,6,9H,5H2,(H2,13,14,17,18)/t9-/m0/s1. The van der Waals surface area contributed by atoms with E-state index in [4.69, 9.17) is 4.74 Å². The summed E-state index contributed by atoms with van der Waals surface area (Å²) >= 11 is 0. The Morgan fingerprint density at radius 3 is 2.47 bits per heavy atom. The molecule has 7 heteroatoms. The number of imide groups is 1. The normalized spacial score (nSPS) is 17.6. The third kappa shape index (κ3) is 3.15. The van der Waals surface area contributed by atoms with Crippen molar-refractivity contribution in [3.8, 4) is 5.75 Å². The lowest BCUT2D eigenvalue weighted by atomic mass is 10.2. The van der Waals surface area contributed by atoms with Gasteiger partial charge in [0.05, 0.1) is 6.42 Å². The Labute approximate surface area is 107 Å². The molecule has 0 aliphatic carbocycles. The number of nitrogens with one attached hydrogen (secondary N) is 2. The zero-order valence-electron chi connectivity index (χ0n) is 9.71. The van der Waals surface area contributed by atoms with Gasteiger partial charge in [0, 0.05) is 5.56 Å². The number of hydrogen-bond donors (Lipinski definition) is 2. The zero-order chi connectivity index (χ0) is 13.8. The fourth-order valence-corrected chi connectivity index (χ4v) is 1.56. The summed E-state index contributed by atoms with van der Waals surface area (Å²) in [6.45, 7) is 0. The number of aldehydes is 1. The van der Waals surface area contributed by atoms with E-state index in [0.717, 1.165) is 0 Å². The number of benzene rings is 1. The van der Waals surface area contributed by atoms with Crippen molar-refractivity contribution in [3.05, 3.63) is 29.8 Å². The molecule has 0 aromatic heterocycles. The first kappa shape index (κ1) is 12.7. The molecule has 19 heavy (non-hydrogen) atoms. The molecule has 98 valence electrons. The largest absolute Gasteiger partial charge is 0.426 e. The van der Waals surface area contributed by atoms with Crippen LogP contribution in [0.3, 0.4) is 0 Å². The van der Waals surface area contributed by atoms with Gasteiger partial charge >= 0.3 is 12.0 Å². The van der Waals surface area contributed by atoms with Crippen LogP contribution in [-0.2, 0) is 9.59 Å². The molecule has 1 atom stereocenters. The first-order chi connectivity index (χ1) is 9.08. The number of amides is 3. The van der Waals surface area contributed by atoms with E-state index in [1.165, 1.54) is 24.3 Å². The van der Waals surface area contributed by atoms with E-state index < -0.39 is 23.9 Å². The van der Waals surface area contributed by atoms with Crippen molar-refractivity contribution >= 4 is 24.2 Å². The molecule has 1 saturated heterocycles. The summed E-state index contributed by atoms with van der Waals surface area (Å²) < 4.78 is 4.97. The molecule has 2 N–H and O–H groups in total. The van der Waals surface area contributed by atoms with Crippen molar-refractivity contribution in [3.63, 3.8) is 0 Å². The van der Waals surface area contributed by atoms with Crippen LogP contribution in [0.5, 0.6) is 5.75 Å². The van der Waals surface area contributed by atoms with Gasteiger partial charge in [0.2, 0.25) is 0 Å². The number of carbonyl (C=O) groups is 4. The average molecular weight is 262 g/mol. The van der Waals surface area contributed by atoms with Crippen molar-refractivity contribution in [2.24, 2.45) is 0 Å². The second kappa shape index (κ2) is 5.30. The molecule has 0 spiro atoms. The summed E-state index contributed by atoms with van der Waals surface area (Å²) in [5, 5.41) is 4.31. The maximum Gasteiger partial charge on any atom is 0.322 e. The van der Waals surface area contributed by atoms with Gasteiger partial charge in [0.15, 0.2) is 0 Å². The molecule has 1 heterocycles. The van der Waals surface area contributed by atoms with E-state index in [0.29, 0.717) is 11.8 Å². The minimum Gasteiger partial charge on any atom is -0.426 e. The van der Waals surface area contributed by atoms with Crippen LogP contribution >= 0.6 is 0 Å². The van der Waals surface area contributed by atoms with E-state index in [9.17, 15) is 19.2 Å². The van der Waals surface area contributed by atoms with Crippen LogP contribution in [-0.4, -0.2) is 30.2 Å². The van der Waals surface area contributed by atoms with Crippen molar-refractivity contribution < 1.29 is 23.9 Å². The summed E-state index contributed by atoms with van der Waals surface area (Å²) in [6.07, 6.45) is 0.414. The van der Waals surface area contributed by atoms with Crippen LogP contribution in [0.15, 0.2) is 24.3 Å². The Morgan fingerprint density at radius 1 is 1.26 bits per heavy atom. The molecule has 7 nitrogen and oxygen atoms in total. The van der Waals surface area contributed by atoms with Crippen LogP contribution in [0.2, 0.25) is 0 Å². The first-order valence-electron chi connectivity index (χ1n) is 5.46. The number of hydrogen-bond acceptors (Lipinski definition) is 5. The van der Waals surface area contributed by atoms with Gasteiger partial charge in [-0.3, -0.25) is 19.7 Å². The minimum atomic E-state index is -0.908. The van der Waals surface area contributed by atoms with Crippen LogP contribution in [0, 0.1) is 0 Å². The number of urea groups is 1. The third-order valence-corrected chi connectivity index (χ3v) is 2.48. The molecule has 2 rings (SSSR count). The topological polar surface area (TPSA) is 102 Å². The van der Waals surface area contributed by atoms with Gasteiger partial charge in [-0.15, -0.1) is 0 Å². The maximum atomic E-state index is 11.6. The van der Waals surface area contributed by atoms with Gasteiger partial charge < -0.3 is 10.1 Å². The quantitative estimate of drug-likeness (QED) is 0.344. The summed E-state index contributed by atoms with van der Waals surface area (Å²) in [5.74, 6) is -0.945. The fourth-order valence-electron chi connectivity index (χ4n) is 1.56. The SMILES string of the molecule is O=Cc1ccc(OC(=O)C[C@@H]2NC(=O)NC2=O)cc1. The van der Waals surface area contributed by atoms with Gasteiger partial charge in [-0.1, -0.05) is 0 Å². The molecule has 1 fully saturated rings. The minimum absolute atomic E-state index is 0.257. The predicted molar refractivity (Wildman–Crippen MR) is 62.5 cm³/mol. The Balaban J connectivity index is 1.92. The average Bonchev–Trinajstić information content (AvgIpc) is 2.68. The van der Waals surface area contributed by atoms with Crippen LogP contribution in [0.4, 0.5) is 4.79 Å². The highest BCUT2D eigenvalue weighted by atomic mass is 16.5. The molecule has 0 unspecified atom stereocenters. The molecule has 3 amide bonds. The number of rotatable bonds is 4. The highest BCUT2D eigenvalue weighted by molar-refractivity contribution is 6.05. The third-order valence-electron chi connectivity index (χ3n) is 2.48. The van der Waals surface area contributed by atoms with Gasteiger partial charge in [-0.2, -0.15) is 0 Å². The summed E-state index contributed by atoms with van der Waals surface area (Å²) in [6, 6.07) is 4.40. The molecule has 1 aromatic rings. The van der Waals surface area contributed by atoms with Gasteiger partial charge in [0.25, 0.3) is 5.91 Å². The number of esters is 1. The highest BCUT2D eigenvalue weighted by Gasteiger charge is 2.31. The van der Waals surface area contributed by atoms with E-state index in [1.54, 1.807) is 0 Å². The zero-order valence-corrected chi connectivity index (χ0v) is 9.71. The van der Waals surface area contributed by atoms with Crippen molar-refractivity contribution in [2.75, 3.05) is 0 Å². The molecular weight excluding hydrogens is 252 g/mol. The van der Waals surface area contributed by atoms with Crippen molar-refractivity contribution in [1.82, 2.24) is 10.6 Å². The predicted octanol–water partition coefficient (Wildman–Crippen LogP) is 0.00260. The van der Waals surface area contributed by atoms with Crippen LogP contribution in [0.1, 0.15) is 16.8 Å². The molecule has 0 bridgehead atoms. The lowest BCUT2D eigenvalue weighted by molar-refractivity contribution is -0.136. The summed E-state index contributed by atoms with van der Waals surface area (Å²) in [7, 11) is 0. The van der Waals surface area contributed by atoms with Gasteiger partial charge in [-0.05, 0) is 24.3 Å². The molecule has 1 aromatic carbocycles. The van der Waals surface area contributed by atoms with E-state index in [-0.39, 0.29) is 12.2 Å². The number of carbonyl (C=O) groups excluding carboxylic acids is 4. The van der Waals surface area contributed by atoms with E-state index in [2.05, 4.69) is 5.32 Å². The maximum absolute atomic E-state index is 11.6. The Morgan fingerprint density at radius 2 is 1.95 bits per heavy atom. The van der Waals surface area contributed by atoms with Gasteiger partial charge in [-0.25, -0.2) is 4.79 Å². The Kier molecular flexibility index (Phi) is 3.56. The summed E-state index contributed by atoms with van der Waals surface area (Å²) in [5.41, 5.74) is 0.460. The Hall–Kier alpha value is -2.70. The monoisotopic (exact) mass is 262 g/mol.